The van der Waals surface area contributed by atoms with Crippen LogP contribution >= 0.6 is 37.2 Å². The molecular formula is C19H26Cl3N3. The maximum atomic E-state index is 6.71. The van der Waals surface area contributed by atoms with Gasteiger partial charge in [-0.25, -0.2) is 0 Å². The highest BCUT2D eigenvalue weighted by Gasteiger charge is 2.41. The third-order valence-electron chi connectivity index (χ3n) is 5.61. The maximum absolute atomic E-state index is 6.71. The topological polar surface area (TPSA) is 42.1 Å². The molecule has 3 saturated heterocycles. The summed E-state index contributed by atoms with van der Waals surface area (Å²) in [6.07, 6.45) is 6.51. The zero-order valence-corrected chi connectivity index (χ0v) is 16.5. The highest BCUT2D eigenvalue weighted by Crippen LogP contribution is 2.41. The standard InChI is InChI=1S/C19H23N3.3ClH/c1-2-13-12-22-10-8-14(13)11-18(22)19(20)16-7-9-21-17-6-4-3-5-15(16)17;;;/h2-7,9,13-14,18-19H,1,8,10-12,20H2;3*1H/t13-,14-,18?,19-;;;/m0.../s1. The first kappa shape index (κ1) is 22.2. The number of pyridine rings is 1. The number of para-hydroxylation sites is 1. The fourth-order valence-electron chi connectivity index (χ4n) is 4.37. The maximum Gasteiger partial charge on any atom is 0.0705 e. The molecule has 6 heteroatoms. The summed E-state index contributed by atoms with van der Waals surface area (Å²) in [5, 5.41) is 1.19. The Morgan fingerprint density at radius 2 is 1.96 bits per heavy atom. The molecule has 3 nitrogen and oxygen atoms in total. The predicted molar refractivity (Wildman–Crippen MR) is 112 cm³/mol. The van der Waals surface area contributed by atoms with Crippen LogP contribution in [-0.4, -0.2) is 29.0 Å². The molecule has 3 aliphatic heterocycles. The van der Waals surface area contributed by atoms with Gasteiger partial charge in [0, 0.05) is 30.2 Å². The van der Waals surface area contributed by atoms with Crippen molar-refractivity contribution in [1.29, 1.82) is 0 Å². The van der Waals surface area contributed by atoms with Gasteiger partial charge in [-0.05, 0) is 48.9 Å². The van der Waals surface area contributed by atoms with E-state index >= 15 is 0 Å². The summed E-state index contributed by atoms with van der Waals surface area (Å²) < 4.78 is 0. The molecule has 1 aromatic heterocycles. The van der Waals surface area contributed by atoms with E-state index in [2.05, 4.69) is 46.8 Å². The van der Waals surface area contributed by atoms with Crippen molar-refractivity contribution in [2.75, 3.05) is 13.1 Å². The third kappa shape index (κ3) is 3.96. The van der Waals surface area contributed by atoms with Crippen molar-refractivity contribution < 1.29 is 0 Å². The van der Waals surface area contributed by atoms with Gasteiger partial charge in [-0.2, -0.15) is 0 Å². The van der Waals surface area contributed by atoms with E-state index < -0.39 is 0 Å². The van der Waals surface area contributed by atoms with Gasteiger partial charge in [0.2, 0.25) is 0 Å². The zero-order valence-electron chi connectivity index (χ0n) is 14.1. The van der Waals surface area contributed by atoms with Crippen molar-refractivity contribution in [2.45, 2.75) is 24.9 Å². The zero-order chi connectivity index (χ0) is 15.1. The summed E-state index contributed by atoms with van der Waals surface area (Å²) in [5.74, 6) is 1.40. The van der Waals surface area contributed by atoms with Gasteiger partial charge in [-0.1, -0.05) is 24.3 Å². The molecule has 3 aliphatic rings. The van der Waals surface area contributed by atoms with Crippen LogP contribution in [0.15, 0.2) is 49.2 Å². The van der Waals surface area contributed by atoms with Crippen LogP contribution in [0, 0.1) is 11.8 Å². The van der Waals surface area contributed by atoms with Crippen molar-refractivity contribution in [3.8, 4) is 0 Å². The molecule has 2 unspecified atom stereocenters. The van der Waals surface area contributed by atoms with E-state index in [1.807, 2.05) is 12.3 Å². The van der Waals surface area contributed by atoms with Gasteiger partial charge < -0.3 is 5.73 Å². The molecule has 0 spiro atoms. The highest BCUT2D eigenvalue weighted by atomic mass is 35.5. The first-order valence-corrected chi connectivity index (χ1v) is 8.24. The van der Waals surface area contributed by atoms with Crippen LogP contribution in [0.4, 0.5) is 0 Å². The van der Waals surface area contributed by atoms with Crippen LogP contribution in [-0.2, 0) is 0 Å². The average Bonchev–Trinajstić information content (AvgIpc) is 2.60. The molecule has 0 radical (unpaired) electrons. The van der Waals surface area contributed by atoms with E-state index in [0.717, 1.165) is 18.0 Å². The average molecular weight is 403 g/mol. The highest BCUT2D eigenvalue weighted by molar-refractivity contribution is 5.86. The number of hydrogen-bond acceptors (Lipinski definition) is 3. The largest absolute Gasteiger partial charge is 0.323 e. The molecule has 5 rings (SSSR count). The van der Waals surface area contributed by atoms with Gasteiger partial charge >= 0.3 is 0 Å². The van der Waals surface area contributed by atoms with Gasteiger partial charge in [0.05, 0.1) is 5.52 Å². The molecule has 2 aromatic rings. The lowest BCUT2D eigenvalue weighted by Crippen LogP contribution is -2.56. The van der Waals surface area contributed by atoms with Gasteiger partial charge in [-0.3, -0.25) is 9.88 Å². The Balaban J connectivity index is 0.00000104. The van der Waals surface area contributed by atoms with Gasteiger partial charge in [0.25, 0.3) is 0 Å². The summed E-state index contributed by atoms with van der Waals surface area (Å²) >= 11 is 0. The van der Waals surface area contributed by atoms with Crippen LogP contribution in [0.1, 0.15) is 24.4 Å². The van der Waals surface area contributed by atoms with Gasteiger partial charge in [-0.15, -0.1) is 43.8 Å². The SMILES string of the molecule is C=C[C@H]1CN2CC[C@H]1CC2[C@@H](N)c1ccnc2ccccc12.Cl.Cl.Cl. The van der Waals surface area contributed by atoms with Crippen molar-refractivity contribution in [3.63, 3.8) is 0 Å². The number of piperidine rings is 3. The van der Waals surface area contributed by atoms with E-state index in [9.17, 15) is 0 Å². The molecule has 4 heterocycles. The van der Waals surface area contributed by atoms with Crippen molar-refractivity contribution in [2.24, 2.45) is 17.6 Å². The number of aromatic nitrogens is 1. The van der Waals surface area contributed by atoms with Gasteiger partial charge in [0.1, 0.15) is 0 Å². The minimum atomic E-state index is 0. The van der Waals surface area contributed by atoms with Crippen molar-refractivity contribution in [3.05, 3.63) is 54.7 Å². The quantitative estimate of drug-likeness (QED) is 0.774. The molecule has 0 amide bonds. The smallest absolute Gasteiger partial charge is 0.0705 e. The molecule has 2 N–H and O–H groups in total. The molecule has 25 heavy (non-hydrogen) atoms. The summed E-state index contributed by atoms with van der Waals surface area (Å²) in [7, 11) is 0. The minimum Gasteiger partial charge on any atom is -0.323 e. The second kappa shape index (κ2) is 9.20. The van der Waals surface area contributed by atoms with E-state index in [1.165, 1.54) is 30.3 Å². The summed E-state index contributed by atoms with van der Waals surface area (Å²) in [6, 6.07) is 10.9. The van der Waals surface area contributed by atoms with E-state index in [-0.39, 0.29) is 43.3 Å². The third-order valence-corrected chi connectivity index (χ3v) is 5.61. The molecule has 0 aliphatic carbocycles. The lowest BCUT2D eigenvalue weighted by molar-refractivity contribution is 0.00749. The second-order valence-electron chi connectivity index (χ2n) is 6.69. The molecular weight excluding hydrogens is 377 g/mol. The van der Waals surface area contributed by atoms with Crippen LogP contribution in [0.25, 0.3) is 10.9 Å². The molecule has 5 atom stereocenters. The van der Waals surface area contributed by atoms with E-state index in [1.54, 1.807) is 0 Å². The monoisotopic (exact) mass is 401 g/mol. The van der Waals surface area contributed by atoms with Crippen LogP contribution < -0.4 is 5.73 Å². The summed E-state index contributed by atoms with van der Waals surface area (Å²) in [4.78, 5) is 7.04. The number of fused-ring (bicyclic) bond motifs is 4. The lowest BCUT2D eigenvalue weighted by Gasteiger charge is -2.51. The number of rotatable bonds is 3. The number of nitrogens with zero attached hydrogens (tertiary/aromatic N) is 2. The van der Waals surface area contributed by atoms with E-state index in [4.69, 9.17) is 5.73 Å². The Kier molecular flexibility index (Phi) is 8.17. The summed E-state index contributed by atoms with van der Waals surface area (Å²) in [5.41, 5.74) is 8.99. The Morgan fingerprint density at radius 3 is 2.64 bits per heavy atom. The fourth-order valence-corrected chi connectivity index (χ4v) is 4.37. The molecule has 138 valence electrons. The predicted octanol–water partition coefficient (Wildman–Crippen LogP) is 4.40. The molecule has 2 bridgehead atoms. The lowest BCUT2D eigenvalue weighted by atomic mass is 9.73. The fraction of sp³-hybridized carbons (Fsp3) is 0.421. The number of nitrogens with two attached hydrogens (primary N) is 1. The van der Waals surface area contributed by atoms with Gasteiger partial charge in [0.15, 0.2) is 0 Å². The Morgan fingerprint density at radius 1 is 1.20 bits per heavy atom. The van der Waals surface area contributed by atoms with Crippen molar-refractivity contribution >= 4 is 48.1 Å². The Bertz CT molecular complexity index is 704. The molecule has 0 saturated carbocycles. The van der Waals surface area contributed by atoms with E-state index in [0.29, 0.717) is 12.0 Å². The Labute approximate surface area is 168 Å². The first-order valence-electron chi connectivity index (χ1n) is 8.24. The second-order valence-corrected chi connectivity index (χ2v) is 6.69. The molecule has 3 fully saturated rings. The number of hydrogen-bond donors (Lipinski definition) is 1. The van der Waals surface area contributed by atoms with Crippen LogP contribution in [0.3, 0.4) is 0 Å². The van der Waals surface area contributed by atoms with Crippen LogP contribution in [0.5, 0.6) is 0 Å². The molecule has 1 aromatic carbocycles. The van der Waals surface area contributed by atoms with Crippen LogP contribution in [0.2, 0.25) is 0 Å². The normalized spacial score (nSPS) is 28.2. The van der Waals surface area contributed by atoms with Crippen molar-refractivity contribution in [1.82, 2.24) is 9.88 Å². The Hall–Kier alpha value is -0.840. The number of benzene rings is 1. The summed E-state index contributed by atoms with van der Waals surface area (Å²) in [6.45, 7) is 6.30. The number of halogens is 3. The minimum absolute atomic E-state index is 0. The first-order chi connectivity index (χ1) is 10.8.